The van der Waals surface area contributed by atoms with Crippen molar-refractivity contribution in [3.8, 4) is 5.75 Å². The smallest absolute Gasteiger partial charge is 0.281 e. The molecule has 5 rings (SSSR count). The highest BCUT2D eigenvalue weighted by molar-refractivity contribution is 7.80. The molecule has 1 aromatic heterocycles. The monoisotopic (exact) mass is 467 g/mol. The fourth-order valence-corrected chi connectivity index (χ4v) is 4.51. The van der Waals surface area contributed by atoms with E-state index in [-0.39, 0.29) is 5.91 Å². The first-order chi connectivity index (χ1) is 16.6. The number of para-hydroxylation sites is 3. The highest BCUT2D eigenvalue weighted by Crippen LogP contribution is 2.27. The lowest BCUT2D eigenvalue weighted by molar-refractivity contribution is -0.113. The fraction of sp³-hybridized carbons (Fsp3) is 0.143. The lowest BCUT2D eigenvalue weighted by atomic mass is 10.1. The number of aromatic nitrogens is 1. The molecule has 1 saturated heterocycles. The summed E-state index contributed by atoms with van der Waals surface area (Å²) < 4.78 is 8.18. The van der Waals surface area contributed by atoms with Gasteiger partial charge in [-0.1, -0.05) is 54.6 Å². The molecule has 1 N–H and O–H groups in total. The van der Waals surface area contributed by atoms with Crippen LogP contribution in [0.5, 0.6) is 5.75 Å². The summed E-state index contributed by atoms with van der Waals surface area (Å²) in [6, 6.07) is 25.7. The van der Waals surface area contributed by atoms with Crippen molar-refractivity contribution < 1.29 is 9.53 Å². The summed E-state index contributed by atoms with van der Waals surface area (Å²) in [7, 11) is 0. The van der Waals surface area contributed by atoms with Crippen molar-refractivity contribution in [2.45, 2.75) is 19.9 Å². The van der Waals surface area contributed by atoms with Crippen LogP contribution in [0.25, 0.3) is 17.0 Å². The Morgan fingerprint density at radius 3 is 2.53 bits per heavy atom. The second kappa shape index (κ2) is 9.53. The van der Waals surface area contributed by atoms with Gasteiger partial charge in [0.25, 0.3) is 5.91 Å². The number of fused-ring (bicyclic) bond motifs is 1. The van der Waals surface area contributed by atoms with Crippen LogP contribution in [-0.2, 0) is 11.3 Å². The van der Waals surface area contributed by atoms with Gasteiger partial charge in [-0.15, -0.1) is 0 Å². The van der Waals surface area contributed by atoms with Crippen LogP contribution >= 0.6 is 12.2 Å². The van der Waals surface area contributed by atoms with E-state index < -0.39 is 0 Å². The predicted molar refractivity (Wildman–Crippen MR) is 141 cm³/mol. The minimum Gasteiger partial charge on any atom is -0.493 e. The average molecular weight is 468 g/mol. The van der Waals surface area contributed by atoms with Crippen molar-refractivity contribution in [3.63, 3.8) is 0 Å². The molecule has 1 aliphatic rings. The molecular formula is C28H25N3O2S. The second-order valence-corrected chi connectivity index (χ2v) is 8.61. The van der Waals surface area contributed by atoms with Crippen LogP contribution < -0.4 is 15.0 Å². The molecular weight excluding hydrogens is 442 g/mol. The van der Waals surface area contributed by atoms with Crippen LogP contribution in [0.15, 0.2) is 90.8 Å². The van der Waals surface area contributed by atoms with Crippen molar-refractivity contribution in [1.29, 1.82) is 0 Å². The minimum absolute atomic E-state index is 0.153. The molecule has 4 aromatic rings. The van der Waals surface area contributed by atoms with Gasteiger partial charge in [0.2, 0.25) is 0 Å². The number of nitrogens with one attached hydrogen (secondary N) is 1. The van der Waals surface area contributed by atoms with E-state index in [1.54, 1.807) is 0 Å². The predicted octanol–water partition coefficient (Wildman–Crippen LogP) is 5.68. The average Bonchev–Trinajstić information content (AvgIpc) is 3.34. The third kappa shape index (κ3) is 4.32. The first kappa shape index (κ1) is 21.9. The summed E-state index contributed by atoms with van der Waals surface area (Å²) >= 11 is 5.45. The molecule has 170 valence electrons. The molecule has 34 heavy (non-hydrogen) atoms. The molecule has 6 heteroatoms. The van der Waals surface area contributed by atoms with Gasteiger partial charge >= 0.3 is 0 Å². The van der Waals surface area contributed by atoms with Crippen LogP contribution in [0, 0.1) is 6.92 Å². The lowest BCUT2D eigenvalue weighted by Gasteiger charge is -2.13. The maximum Gasteiger partial charge on any atom is 0.281 e. The van der Waals surface area contributed by atoms with Gasteiger partial charge in [0.05, 0.1) is 12.3 Å². The van der Waals surface area contributed by atoms with Crippen molar-refractivity contribution in [2.24, 2.45) is 0 Å². The Hall–Kier alpha value is -3.90. The van der Waals surface area contributed by atoms with E-state index in [4.69, 9.17) is 17.0 Å². The van der Waals surface area contributed by atoms with Gasteiger partial charge in [0.1, 0.15) is 11.4 Å². The van der Waals surface area contributed by atoms with Gasteiger partial charge in [-0.2, -0.15) is 0 Å². The number of anilines is 1. The third-order valence-electron chi connectivity index (χ3n) is 5.91. The molecule has 0 atom stereocenters. The summed E-state index contributed by atoms with van der Waals surface area (Å²) in [4.78, 5) is 14.7. The highest BCUT2D eigenvalue weighted by Gasteiger charge is 2.32. The van der Waals surface area contributed by atoms with E-state index in [9.17, 15) is 4.79 Å². The number of hydrogen-bond acceptors (Lipinski definition) is 3. The standard InChI is InChI=1S/C28H25N3O2S/c1-20-10-5-8-15-26(20)33-17-9-16-30-19-21(23-13-6-7-14-25(23)30)18-24-27(32)31(28(34)29-24)22-11-3-2-4-12-22/h2-8,10-15,18-19H,9,16-17H2,1H3,(H,29,34)/b24-18-. The van der Waals surface area contributed by atoms with Crippen molar-refractivity contribution in [1.82, 2.24) is 9.88 Å². The summed E-state index contributed by atoms with van der Waals surface area (Å²) in [5, 5.41) is 4.57. The van der Waals surface area contributed by atoms with Gasteiger partial charge in [0, 0.05) is 29.2 Å². The second-order valence-electron chi connectivity index (χ2n) is 8.23. The van der Waals surface area contributed by atoms with Gasteiger partial charge in [-0.3, -0.25) is 9.69 Å². The van der Waals surface area contributed by atoms with Crippen molar-refractivity contribution >= 4 is 45.9 Å². The van der Waals surface area contributed by atoms with Gasteiger partial charge in [-0.25, -0.2) is 0 Å². The van der Waals surface area contributed by atoms with E-state index in [2.05, 4.69) is 41.2 Å². The molecule has 0 radical (unpaired) electrons. The molecule has 0 aliphatic carbocycles. The Balaban J connectivity index is 1.35. The quantitative estimate of drug-likeness (QED) is 0.216. The molecule has 3 aromatic carbocycles. The maximum atomic E-state index is 13.1. The van der Waals surface area contributed by atoms with Crippen LogP contribution in [-0.4, -0.2) is 22.2 Å². The normalized spacial score (nSPS) is 14.7. The largest absolute Gasteiger partial charge is 0.493 e. The minimum atomic E-state index is -0.153. The van der Waals surface area contributed by atoms with E-state index in [1.165, 1.54) is 4.90 Å². The summed E-state index contributed by atoms with van der Waals surface area (Å²) in [6.07, 6.45) is 4.85. The topological polar surface area (TPSA) is 46.5 Å². The first-order valence-electron chi connectivity index (χ1n) is 11.3. The van der Waals surface area contributed by atoms with Crippen LogP contribution in [0.2, 0.25) is 0 Å². The molecule has 1 fully saturated rings. The van der Waals surface area contributed by atoms with Crippen LogP contribution in [0.1, 0.15) is 17.5 Å². The number of nitrogens with zero attached hydrogens (tertiary/aromatic N) is 2. The van der Waals surface area contributed by atoms with E-state index in [0.29, 0.717) is 17.4 Å². The molecule has 1 aliphatic heterocycles. The number of ether oxygens (including phenoxy) is 1. The van der Waals surface area contributed by atoms with Crippen molar-refractivity contribution in [2.75, 3.05) is 11.5 Å². The van der Waals surface area contributed by atoms with E-state index >= 15 is 0 Å². The molecule has 0 bridgehead atoms. The zero-order chi connectivity index (χ0) is 23.5. The van der Waals surface area contributed by atoms with Crippen LogP contribution in [0.4, 0.5) is 5.69 Å². The third-order valence-corrected chi connectivity index (χ3v) is 6.19. The Morgan fingerprint density at radius 1 is 0.971 bits per heavy atom. The number of hydrogen-bond donors (Lipinski definition) is 1. The molecule has 0 spiro atoms. The molecule has 5 nitrogen and oxygen atoms in total. The molecule has 0 saturated carbocycles. The number of rotatable bonds is 7. The summed E-state index contributed by atoms with van der Waals surface area (Å²) in [5.74, 6) is 0.773. The molecule has 2 heterocycles. The fourth-order valence-electron chi connectivity index (χ4n) is 4.21. The van der Waals surface area contributed by atoms with E-state index in [0.717, 1.165) is 46.4 Å². The SMILES string of the molecule is Cc1ccccc1OCCCn1cc(/C=C2\NC(=S)N(c3ccccc3)C2=O)c2ccccc21. The zero-order valence-corrected chi connectivity index (χ0v) is 19.7. The Bertz CT molecular complexity index is 1390. The van der Waals surface area contributed by atoms with Crippen molar-refractivity contribution in [3.05, 3.63) is 102 Å². The first-order valence-corrected chi connectivity index (χ1v) is 11.7. The Morgan fingerprint density at radius 2 is 1.71 bits per heavy atom. The van der Waals surface area contributed by atoms with Gasteiger partial charge < -0.3 is 14.6 Å². The highest BCUT2D eigenvalue weighted by atomic mass is 32.1. The number of aryl methyl sites for hydroxylation is 2. The lowest BCUT2D eigenvalue weighted by Crippen LogP contribution is -2.30. The number of carbonyl (C=O) groups excluding carboxylic acids is 1. The number of carbonyl (C=O) groups is 1. The summed E-state index contributed by atoms with van der Waals surface area (Å²) in [6.45, 7) is 3.50. The van der Waals surface area contributed by atoms with Gasteiger partial charge in [-0.05, 0) is 61.5 Å². The number of thiocarbonyl (C=S) groups is 1. The summed E-state index contributed by atoms with van der Waals surface area (Å²) in [5.41, 5.74) is 4.46. The Labute approximate surface area is 204 Å². The molecule has 0 unspecified atom stereocenters. The number of benzene rings is 3. The van der Waals surface area contributed by atoms with E-state index in [1.807, 2.05) is 66.7 Å². The number of amides is 1. The zero-order valence-electron chi connectivity index (χ0n) is 18.9. The molecule has 1 amide bonds. The van der Waals surface area contributed by atoms with Gasteiger partial charge in [0.15, 0.2) is 5.11 Å². The Kier molecular flexibility index (Phi) is 6.14. The maximum absolute atomic E-state index is 13.1. The van der Waals surface area contributed by atoms with Crippen LogP contribution in [0.3, 0.4) is 0 Å².